The molecule has 21 heavy (non-hydrogen) atoms. The number of benzene rings is 1. The molecule has 8 heteroatoms. The molecule has 5 nitrogen and oxygen atoms in total. The maximum atomic E-state index is 11.1. The van der Waals surface area contributed by atoms with Crippen LogP contribution in [0.25, 0.3) is 11.0 Å². The molecular weight excluding hydrogens is 378 g/mol. The van der Waals surface area contributed by atoms with Gasteiger partial charge in [0.2, 0.25) is 10.0 Å². The highest BCUT2D eigenvalue weighted by molar-refractivity contribution is 9.10. The van der Waals surface area contributed by atoms with Crippen molar-refractivity contribution in [3.8, 4) is 0 Å². The largest absolute Gasteiger partial charge is 0.327 e. The first-order chi connectivity index (χ1) is 9.78. The number of alkyl halides is 1. The average Bonchev–Trinajstić information content (AvgIpc) is 2.71. The summed E-state index contributed by atoms with van der Waals surface area (Å²) in [5, 5.41) is -0.209. The normalized spacial score (nSPS) is 13.7. The second kappa shape index (κ2) is 6.64. The number of sulfonamides is 1. The van der Waals surface area contributed by atoms with Crippen molar-refractivity contribution in [1.29, 1.82) is 0 Å². The fourth-order valence-corrected chi connectivity index (χ4v) is 3.19. The van der Waals surface area contributed by atoms with E-state index in [-0.39, 0.29) is 5.38 Å². The van der Waals surface area contributed by atoms with Gasteiger partial charge in [-0.15, -0.1) is 11.6 Å². The lowest BCUT2D eigenvalue weighted by Crippen LogP contribution is -2.24. The van der Waals surface area contributed by atoms with E-state index in [1.165, 1.54) is 0 Å². The van der Waals surface area contributed by atoms with Crippen molar-refractivity contribution in [1.82, 2.24) is 14.3 Å². The lowest BCUT2D eigenvalue weighted by Gasteiger charge is -2.10. The van der Waals surface area contributed by atoms with Crippen LogP contribution in [0.15, 0.2) is 22.7 Å². The van der Waals surface area contributed by atoms with Gasteiger partial charge in [-0.1, -0.05) is 15.9 Å². The van der Waals surface area contributed by atoms with Gasteiger partial charge in [0.15, 0.2) is 0 Å². The van der Waals surface area contributed by atoms with Gasteiger partial charge in [0.05, 0.1) is 22.7 Å². The molecular formula is C13H17BrClN3O2S. The molecule has 0 aliphatic heterocycles. The van der Waals surface area contributed by atoms with Crippen LogP contribution in [0.5, 0.6) is 0 Å². The van der Waals surface area contributed by atoms with Gasteiger partial charge in [-0.05, 0) is 31.5 Å². The number of aryl methyl sites for hydroxylation is 1. The van der Waals surface area contributed by atoms with Crippen LogP contribution in [0.1, 0.15) is 24.5 Å². The Kier molecular flexibility index (Phi) is 5.29. The van der Waals surface area contributed by atoms with Gasteiger partial charge < -0.3 is 4.57 Å². The summed E-state index contributed by atoms with van der Waals surface area (Å²) in [5.41, 5.74) is 1.88. The van der Waals surface area contributed by atoms with Crippen molar-refractivity contribution in [2.75, 3.05) is 12.8 Å². The predicted molar refractivity (Wildman–Crippen MR) is 89.2 cm³/mol. The molecule has 2 aromatic rings. The maximum absolute atomic E-state index is 11.1. The van der Waals surface area contributed by atoms with E-state index in [4.69, 9.17) is 11.6 Å². The van der Waals surface area contributed by atoms with Crippen molar-refractivity contribution in [3.05, 3.63) is 28.5 Å². The van der Waals surface area contributed by atoms with Crippen LogP contribution in [0.4, 0.5) is 0 Å². The van der Waals surface area contributed by atoms with Crippen LogP contribution >= 0.6 is 27.5 Å². The first-order valence-electron chi connectivity index (χ1n) is 6.52. The molecule has 0 spiro atoms. The Labute approximate surface area is 137 Å². The van der Waals surface area contributed by atoms with Crippen LogP contribution in [0, 0.1) is 0 Å². The molecule has 0 amide bonds. The predicted octanol–water partition coefficient (Wildman–Crippen LogP) is 3.04. The summed E-state index contributed by atoms with van der Waals surface area (Å²) in [4.78, 5) is 4.56. The van der Waals surface area contributed by atoms with E-state index in [1.54, 1.807) is 0 Å². The third-order valence-corrected chi connectivity index (χ3v) is 4.44. The molecule has 2 rings (SSSR count). The summed E-state index contributed by atoms with van der Waals surface area (Å²) in [6.45, 7) is 2.93. The third-order valence-electron chi connectivity index (χ3n) is 3.02. The highest BCUT2D eigenvalue weighted by Gasteiger charge is 2.15. The molecule has 0 fully saturated rings. The van der Waals surface area contributed by atoms with E-state index in [9.17, 15) is 8.42 Å². The molecule has 1 atom stereocenters. The molecule has 1 heterocycles. The van der Waals surface area contributed by atoms with E-state index in [0.717, 1.165) is 27.6 Å². The molecule has 0 aliphatic carbocycles. The first-order valence-corrected chi connectivity index (χ1v) is 9.64. The van der Waals surface area contributed by atoms with Crippen LogP contribution in [-0.4, -0.2) is 30.8 Å². The van der Waals surface area contributed by atoms with E-state index in [0.29, 0.717) is 19.5 Å². The van der Waals surface area contributed by atoms with Crippen molar-refractivity contribution in [3.63, 3.8) is 0 Å². The fraction of sp³-hybridized carbons (Fsp3) is 0.462. The third kappa shape index (κ3) is 4.42. The molecule has 0 bridgehead atoms. The van der Waals surface area contributed by atoms with Crippen LogP contribution < -0.4 is 4.72 Å². The second-order valence-corrected chi connectivity index (χ2v) is 8.29. The second-order valence-electron chi connectivity index (χ2n) is 4.89. The topological polar surface area (TPSA) is 64.0 Å². The number of halogens is 2. The summed E-state index contributed by atoms with van der Waals surface area (Å²) >= 11 is 9.63. The molecule has 1 aromatic heterocycles. The van der Waals surface area contributed by atoms with Gasteiger partial charge in [-0.3, -0.25) is 0 Å². The quantitative estimate of drug-likeness (QED) is 0.605. The van der Waals surface area contributed by atoms with E-state index < -0.39 is 10.0 Å². The zero-order valence-corrected chi connectivity index (χ0v) is 15.0. The Bertz CT molecular complexity index is 743. The lowest BCUT2D eigenvalue weighted by molar-refractivity contribution is 0.573. The summed E-state index contributed by atoms with van der Waals surface area (Å²) in [7, 11) is -3.15. The highest BCUT2D eigenvalue weighted by atomic mass is 79.9. The molecule has 0 radical (unpaired) electrons. The standard InChI is InChI=1S/C13H17BrClN3O2S/c1-9(15)13-17-11-8-10(14)4-5-12(11)18(13)7-3-6-16-21(2,19)20/h4-5,8-9,16H,3,6-7H2,1-2H3. The minimum Gasteiger partial charge on any atom is -0.327 e. The number of imidazole rings is 1. The van der Waals surface area contributed by atoms with Crippen molar-refractivity contribution in [2.45, 2.75) is 25.3 Å². The van der Waals surface area contributed by atoms with Gasteiger partial charge in [0, 0.05) is 17.6 Å². The average molecular weight is 395 g/mol. The van der Waals surface area contributed by atoms with Crippen molar-refractivity contribution < 1.29 is 8.42 Å². The lowest BCUT2D eigenvalue weighted by atomic mass is 10.3. The Hall–Kier alpha value is -0.630. The van der Waals surface area contributed by atoms with Crippen LogP contribution in [-0.2, 0) is 16.6 Å². The number of nitrogens with one attached hydrogen (secondary N) is 1. The molecule has 1 N–H and O–H groups in total. The summed E-state index contributed by atoms with van der Waals surface area (Å²) in [6, 6.07) is 5.89. The Morgan fingerprint density at radius 2 is 2.19 bits per heavy atom. The molecule has 0 saturated heterocycles. The maximum Gasteiger partial charge on any atom is 0.208 e. The number of hydrogen-bond acceptors (Lipinski definition) is 3. The number of rotatable bonds is 6. The highest BCUT2D eigenvalue weighted by Crippen LogP contribution is 2.26. The van der Waals surface area contributed by atoms with Gasteiger partial charge in [0.25, 0.3) is 0 Å². The zero-order valence-electron chi connectivity index (χ0n) is 11.8. The van der Waals surface area contributed by atoms with E-state index in [1.807, 2.05) is 29.7 Å². The van der Waals surface area contributed by atoms with Crippen molar-refractivity contribution in [2.24, 2.45) is 0 Å². The molecule has 1 unspecified atom stereocenters. The Morgan fingerprint density at radius 3 is 2.81 bits per heavy atom. The minimum atomic E-state index is -3.15. The first kappa shape index (κ1) is 16.7. The SMILES string of the molecule is CC(Cl)c1nc2cc(Br)ccc2n1CCCNS(C)(=O)=O. The number of aromatic nitrogens is 2. The van der Waals surface area contributed by atoms with Crippen LogP contribution in [0.3, 0.4) is 0 Å². The molecule has 0 saturated carbocycles. The molecule has 0 aliphatic rings. The fourth-order valence-electron chi connectivity index (χ4n) is 2.15. The van der Waals surface area contributed by atoms with E-state index >= 15 is 0 Å². The Morgan fingerprint density at radius 1 is 1.48 bits per heavy atom. The summed E-state index contributed by atoms with van der Waals surface area (Å²) < 4.78 is 27.6. The van der Waals surface area contributed by atoms with E-state index in [2.05, 4.69) is 25.6 Å². The van der Waals surface area contributed by atoms with Crippen LogP contribution in [0.2, 0.25) is 0 Å². The summed E-state index contributed by atoms with van der Waals surface area (Å²) in [5.74, 6) is 0.795. The molecule has 1 aromatic carbocycles. The smallest absolute Gasteiger partial charge is 0.208 e. The number of nitrogens with zero attached hydrogens (tertiary/aromatic N) is 2. The van der Waals surface area contributed by atoms with Gasteiger partial charge in [-0.25, -0.2) is 18.1 Å². The number of fused-ring (bicyclic) bond motifs is 1. The minimum absolute atomic E-state index is 0.209. The molecule has 116 valence electrons. The van der Waals surface area contributed by atoms with Crippen molar-refractivity contribution >= 4 is 48.6 Å². The summed E-state index contributed by atoms with van der Waals surface area (Å²) in [6.07, 6.45) is 1.83. The zero-order chi connectivity index (χ0) is 15.6. The Balaban J connectivity index is 2.22. The number of hydrogen-bond donors (Lipinski definition) is 1. The van der Waals surface area contributed by atoms with Gasteiger partial charge in [-0.2, -0.15) is 0 Å². The monoisotopic (exact) mass is 393 g/mol. The van der Waals surface area contributed by atoms with Gasteiger partial charge in [0.1, 0.15) is 5.82 Å². The van der Waals surface area contributed by atoms with Gasteiger partial charge >= 0.3 is 0 Å².